The molecule has 1 rings (SSSR count). The standard InChI is InChI=1S/C17H26F2NO4P/c1-12(2)11-15(16(21)23-13(3)4)20-25(22,17(5,18)19)24-14-9-7-6-8-10-14/h6-10,12-13,15H,11H2,1-5H3,(H,20,22)/t15-,25?/m0/s1. The molecule has 1 N–H and O–H groups in total. The highest BCUT2D eigenvalue weighted by Crippen LogP contribution is 2.57. The normalized spacial score (nSPS) is 15.7. The first-order chi connectivity index (χ1) is 11.4. The van der Waals surface area contributed by atoms with Crippen LogP contribution in [0, 0.1) is 5.92 Å². The van der Waals surface area contributed by atoms with Gasteiger partial charge in [-0.3, -0.25) is 9.36 Å². The topological polar surface area (TPSA) is 64.6 Å². The van der Waals surface area contributed by atoms with Crippen LogP contribution in [0.3, 0.4) is 0 Å². The first-order valence-corrected chi connectivity index (χ1v) is 9.78. The zero-order valence-electron chi connectivity index (χ0n) is 15.2. The lowest BCUT2D eigenvalue weighted by molar-refractivity contribution is -0.150. The van der Waals surface area contributed by atoms with Crippen LogP contribution in [0.1, 0.15) is 41.0 Å². The number of nitrogens with one attached hydrogen (secondary N) is 1. The third-order valence-electron chi connectivity index (χ3n) is 3.16. The van der Waals surface area contributed by atoms with E-state index in [-0.39, 0.29) is 18.1 Å². The lowest BCUT2D eigenvalue weighted by atomic mass is 10.0. The van der Waals surface area contributed by atoms with Gasteiger partial charge in [0.2, 0.25) is 0 Å². The molecule has 8 heteroatoms. The smallest absolute Gasteiger partial charge is 0.385 e. The molecule has 0 aliphatic heterocycles. The Morgan fingerprint density at radius 1 is 1.20 bits per heavy atom. The van der Waals surface area contributed by atoms with Crippen molar-refractivity contribution in [2.24, 2.45) is 5.92 Å². The fraction of sp³-hybridized carbons (Fsp3) is 0.588. The lowest BCUT2D eigenvalue weighted by Crippen LogP contribution is -2.42. The van der Waals surface area contributed by atoms with Crippen molar-refractivity contribution in [3.05, 3.63) is 30.3 Å². The maximum absolute atomic E-state index is 14.1. The monoisotopic (exact) mass is 377 g/mol. The van der Waals surface area contributed by atoms with Crippen LogP contribution >= 0.6 is 7.52 Å². The molecule has 1 aromatic carbocycles. The minimum Gasteiger partial charge on any atom is -0.462 e. The Labute approximate surface area is 147 Å². The number of carbonyl (C=O) groups is 1. The molecule has 0 aliphatic rings. The maximum atomic E-state index is 14.1. The molecule has 0 spiro atoms. The number of ether oxygens (including phenoxy) is 1. The van der Waals surface area contributed by atoms with Crippen LogP contribution in [0.25, 0.3) is 0 Å². The second-order valence-corrected chi connectivity index (χ2v) is 8.92. The molecule has 0 amide bonds. The molecular formula is C17H26F2NO4P. The molecule has 1 unspecified atom stereocenters. The van der Waals surface area contributed by atoms with Crippen molar-refractivity contribution in [3.8, 4) is 5.75 Å². The second kappa shape index (κ2) is 8.77. The number of esters is 1. The molecule has 142 valence electrons. The molecule has 5 nitrogen and oxygen atoms in total. The lowest BCUT2D eigenvalue weighted by Gasteiger charge is -2.29. The van der Waals surface area contributed by atoms with Gasteiger partial charge in [0.25, 0.3) is 0 Å². The molecule has 0 aromatic heterocycles. The Morgan fingerprint density at radius 2 is 1.76 bits per heavy atom. The third-order valence-corrected chi connectivity index (χ3v) is 5.32. The van der Waals surface area contributed by atoms with Crippen LogP contribution in [0.4, 0.5) is 8.78 Å². The molecule has 0 bridgehead atoms. The van der Waals surface area contributed by atoms with Crippen molar-refractivity contribution in [2.75, 3.05) is 0 Å². The van der Waals surface area contributed by atoms with Crippen LogP contribution in [0.15, 0.2) is 30.3 Å². The van der Waals surface area contributed by atoms with E-state index >= 15 is 0 Å². The molecule has 2 atom stereocenters. The maximum Gasteiger partial charge on any atom is 0.385 e. The summed E-state index contributed by atoms with van der Waals surface area (Å²) in [6.45, 7) is 7.45. The van der Waals surface area contributed by atoms with Gasteiger partial charge in [-0.1, -0.05) is 32.0 Å². The zero-order chi connectivity index (χ0) is 19.3. The van der Waals surface area contributed by atoms with E-state index in [1.165, 1.54) is 12.1 Å². The predicted molar refractivity (Wildman–Crippen MR) is 92.9 cm³/mol. The van der Waals surface area contributed by atoms with Gasteiger partial charge in [-0.15, -0.1) is 0 Å². The van der Waals surface area contributed by atoms with Gasteiger partial charge in [0.15, 0.2) is 0 Å². The molecule has 1 aromatic rings. The van der Waals surface area contributed by atoms with Crippen LogP contribution < -0.4 is 9.61 Å². The van der Waals surface area contributed by atoms with E-state index in [1.54, 1.807) is 32.0 Å². The van der Waals surface area contributed by atoms with Crippen molar-refractivity contribution in [1.29, 1.82) is 0 Å². The Hall–Kier alpha value is -1.46. The Bertz CT molecular complexity index is 602. The Balaban J connectivity index is 3.11. The van der Waals surface area contributed by atoms with Gasteiger partial charge < -0.3 is 9.26 Å². The summed E-state index contributed by atoms with van der Waals surface area (Å²) in [5, 5.41) is 2.26. The van der Waals surface area contributed by atoms with Crippen molar-refractivity contribution in [2.45, 2.75) is 58.8 Å². The van der Waals surface area contributed by atoms with Crippen LogP contribution in [-0.4, -0.2) is 23.8 Å². The average molecular weight is 377 g/mol. The highest BCUT2D eigenvalue weighted by molar-refractivity contribution is 7.58. The third kappa shape index (κ3) is 6.75. The molecule has 0 heterocycles. The Morgan fingerprint density at radius 3 is 2.20 bits per heavy atom. The van der Waals surface area contributed by atoms with E-state index in [9.17, 15) is 18.1 Å². The number of benzene rings is 1. The largest absolute Gasteiger partial charge is 0.462 e. The van der Waals surface area contributed by atoms with Gasteiger partial charge >= 0.3 is 19.2 Å². The van der Waals surface area contributed by atoms with Gasteiger partial charge in [0.1, 0.15) is 11.8 Å². The molecule has 25 heavy (non-hydrogen) atoms. The number of para-hydroxylation sites is 1. The zero-order valence-corrected chi connectivity index (χ0v) is 16.1. The minimum absolute atomic E-state index is 0.00661. The van der Waals surface area contributed by atoms with E-state index in [1.807, 2.05) is 13.8 Å². The summed E-state index contributed by atoms with van der Waals surface area (Å²) < 4.78 is 51.3. The summed E-state index contributed by atoms with van der Waals surface area (Å²) in [6, 6.07) is 6.51. The van der Waals surface area contributed by atoms with Crippen molar-refractivity contribution >= 4 is 13.5 Å². The van der Waals surface area contributed by atoms with Gasteiger partial charge in [-0.25, -0.2) is 5.09 Å². The number of alkyl halides is 2. The van der Waals surface area contributed by atoms with Crippen LogP contribution in [-0.2, 0) is 14.1 Å². The summed E-state index contributed by atoms with van der Waals surface area (Å²) in [5.74, 6) is -0.710. The van der Waals surface area contributed by atoms with E-state index in [2.05, 4.69) is 5.09 Å². The van der Waals surface area contributed by atoms with Gasteiger partial charge in [-0.2, -0.15) is 8.78 Å². The summed E-state index contributed by atoms with van der Waals surface area (Å²) in [4.78, 5) is 12.2. The highest BCUT2D eigenvalue weighted by Gasteiger charge is 2.51. The number of carbonyl (C=O) groups excluding carboxylic acids is 1. The van der Waals surface area contributed by atoms with Crippen molar-refractivity contribution < 1.29 is 27.4 Å². The summed E-state index contributed by atoms with van der Waals surface area (Å²) >= 11 is 0. The van der Waals surface area contributed by atoms with Gasteiger partial charge in [-0.05, 0) is 38.3 Å². The van der Waals surface area contributed by atoms with Gasteiger partial charge in [0.05, 0.1) is 6.10 Å². The quantitative estimate of drug-likeness (QED) is 0.493. The van der Waals surface area contributed by atoms with Crippen molar-refractivity contribution in [3.63, 3.8) is 0 Å². The second-order valence-electron chi connectivity index (χ2n) is 6.59. The predicted octanol–water partition coefficient (Wildman–Crippen LogP) is 4.83. The summed E-state index contributed by atoms with van der Waals surface area (Å²) in [6.07, 6.45) is -0.232. The van der Waals surface area contributed by atoms with Crippen LogP contribution in [0.2, 0.25) is 0 Å². The summed E-state index contributed by atoms with van der Waals surface area (Å²) in [5.41, 5.74) is -3.68. The fourth-order valence-electron chi connectivity index (χ4n) is 2.04. The Kier molecular flexibility index (Phi) is 7.57. The summed E-state index contributed by atoms with van der Waals surface area (Å²) in [7, 11) is -4.72. The van der Waals surface area contributed by atoms with E-state index in [0.717, 1.165) is 0 Å². The molecular weight excluding hydrogens is 351 g/mol. The highest BCUT2D eigenvalue weighted by atomic mass is 31.2. The number of halogens is 2. The molecule has 0 saturated carbocycles. The first-order valence-electron chi connectivity index (χ1n) is 8.15. The SMILES string of the molecule is CC(C)C[C@H](NP(=O)(Oc1ccccc1)C(C)(F)F)C(=O)OC(C)C. The molecule has 0 aliphatic carbocycles. The average Bonchev–Trinajstić information content (AvgIpc) is 2.45. The van der Waals surface area contributed by atoms with Crippen LogP contribution in [0.5, 0.6) is 5.75 Å². The molecule has 0 radical (unpaired) electrons. The number of hydrogen-bond acceptors (Lipinski definition) is 4. The fourth-order valence-corrected chi connectivity index (χ4v) is 3.52. The number of hydrogen-bond donors (Lipinski definition) is 1. The number of rotatable bonds is 9. The van der Waals surface area contributed by atoms with Gasteiger partial charge in [0, 0.05) is 6.92 Å². The van der Waals surface area contributed by atoms with E-state index in [0.29, 0.717) is 6.92 Å². The molecule has 0 fully saturated rings. The first kappa shape index (κ1) is 21.6. The van der Waals surface area contributed by atoms with E-state index in [4.69, 9.17) is 9.26 Å². The molecule has 0 saturated heterocycles. The van der Waals surface area contributed by atoms with Crippen molar-refractivity contribution in [1.82, 2.24) is 5.09 Å². The minimum atomic E-state index is -4.72. The van der Waals surface area contributed by atoms with E-state index < -0.39 is 31.3 Å².